The molecular formula is C17H18O3. The van der Waals surface area contributed by atoms with Gasteiger partial charge in [-0.3, -0.25) is 0 Å². The summed E-state index contributed by atoms with van der Waals surface area (Å²) in [6.07, 6.45) is 1.88. The number of rotatable bonds is 3. The molecule has 20 heavy (non-hydrogen) atoms. The highest BCUT2D eigenvalue weighted by Gasteiger charge is 2.22. The van der Waals surface area contributed by atoms with Crippen LogP contribution < -0.4 is 9.47 Å². The largest absolute Gasteiger partial charge is 0.508 e. The maximum atomic E-state index is 9.52. The first-order valence-electron chi connectivity index (χ1n) is 6.83. The van der Waals surface area contributed by atoms with Crippen molar-refractivity contribution in [3.63, 3.8) is 0 Å². The number of hydrogen-bond donors (Lipinski definition) is 1. The molecule has 0 bridgehead atoms. The molecule has 1 N–H and O–H groups in total. The van der Waals surface area contributed by atoms with E-state index in [-0.39, 0.29) is 0 Å². The van der Waals surface area contributed by atoms with E-state index in [4.69, 9.17) is 9.47 Å². The van der Waals surface area contributed by atoms with Crippen molar-refractivity contribution in [1.29, 1.82) is 0 Å². The minimum absolute atomic E-state index is 0.321. The number of phenolic OH excluding ortho intramolecular Hbond substituents is 1. The van der Waals surface area contributed by atoms with Crippen LogP contribution >= 0.6 is 0 Å². The zero-order valence-electron chi connectivity index (χ0n) is 11.5. The van der Waals surface area contributed by atoms with Gasteiger partial charge in [-0.2, -0.15) is 0 Å². The highest BCUT2D eigenvalue weighted by Crippen LogP contribution is 2.36. The van der Waals surface area contributed by atoms with Crippen LogP contribution in [0.15, 0.2) is 42.5 Å². The molecule has 0 saturated carbocycles. The van der Waals surface area contributed by atoms with Gasteiger partial charge in [-0.1, -0.05) is 24.3 Å². The standard InChI is InChI=1S/C17H18O3/c1-19-16-7-3-5-14-9-13(11-20-17(14)16)8-12-4-2-6-15(18)10-12/h2-7,10,13,18H,8-9,11H2,1H3/t13-/m0/s1. The molecule has 1 atom stereocenters. The molecular weight excluding hydrogens is 252 g/mol. The number of methoxy groups -OCH3 is 1. The fraction of sp³-hybridized carbons (Fsp3) is 0.294. The smallest absolute Gasteiger partial charge is 0.164 e. The summed E-state index contributed by atoms with van der Waals surface area (Å²) in [4.78, 5) is 0. The fourth-order valence-electron chi connectivity index (χ4n) is 2.77. The number of benzene rings is 2. The van der Waals surface area contributed by atoms with Gasteiger partial charge in [0.2, 0.25) is 0 Å². The topological polar surface area (TPSA) is 38.7 Å². The van der Waals surface area contributed by atoms with Crippen molar-refractivity contribution >= 4 is 0 Å². The number of para-hydroxylation sites is 1. The Kier molecular flexibility index (Phi) is 3.50. The van der Waals surface area contributed by atoms with Crippen molar-refractivity contribution in [2.24, 2.45) is 5.92 Å². The Morgan fingerprint density at radius 2 is 2.10 bits per heavy atom. The van der Waals surface area contributed by atoms with E-state index in [0.29, 0.717) is 18.3 Å². The van der Waals surface area contributed by atoms with E-state index in [1.165, 1.54) is 5.56 Å². The minimum Gasteiger partial charge on any atom is -0.508 e. The molecule has 0 amide bonds. The second kappa shape index (κ2) is 5.45. The maximum Gasteiger partial charge on any atom is 0.164 e. The number of ether oxygens (including phenoxy) is 2. The van der Waals surface area contributed by atoms with Gasteiger partial charge in [-0.05, 0) is 42.2 Å². The van der Waals surface area contributed by atoms with Gasteiger partial charge in [-0.15, -0.1) is 0 Å². The Balaban J connectivity index is 1.76. The van der Waals surface area contributed by atoms with Crippen LogP contribution in [-0.4, -0.2) is 18.8 Å². The van der Waals surface area contributed by atoms with Gasteiger partial charge in [0, 0.05) is 5.92 Å². The molecule has 0 radical (unpaired) electrons. The molecule has 3 rings (SSSR count). The lowest BCUT2D eigenvalue weighted by Crippen LogP contribution is -2.23. The summed E-state index contributed by atoms with van der Waals surface area (Å²) >= 11 is 0. The van der Waals surface area contributed by atoms with Gasteiger partial charge in [-0.25, -0.2) is 0 Å². The number of fused-ring (bicyclic) bond motifs is 1. The summed E-state index contributed by atoms with van der Waals surface area (Å²) < 4.78 is 11.2. The molecule has 1 aliphatic rings. The van der Waals surface area contributed by atoms with E-state index in [1.54, 1.807) is 13.2 Å². The predicted octanol–water partition coefficient (Wildman–Crippen LogP) is 3.19. The van der Waals surface area contributed by atoms with E-state index in [0.717, 1.165) is 29.9 Å². The van der Waals surface area contributed by atoms with Crippen LogP contribution in [0.25, 0.3) is 0 Å². The lowest BCUT2D eigenvalue weighted by Gasteiger charge is -2.26. The molecule has 0 spiro atoms. The van der Waals surface area contributed by atoms with Gasteiger partial charge in [0.05, 0.1) is 13.7 Å². The average molecular weight is 270 g/mol. The molecule has 0 saturated heterocycles. The van der Waals surface area contributed by atoms with Gasteiger partial charge < -0.3 is 14.6 Å². The molecule has 1 aliphatic heterocycles. The maximum absolute atomic E-state index is 9.52. The van der Waals surface area contributed by atoms with Crippen LogP contribution in [0.5, 0.6) is 17.2 Å². The molecule has 0 unspecified atom stereocenters. The highest BCUT2D eigenvalue weighted by atomic mass is 16.5. The highest BCUT2D eigenvalue weighted by molar-refractivity contribution is 5.47. The van der Waals surface area contributed by atoms with Crippen molar-refractivity contribution < 1.29 is 14.6 Å². The number of hydrogen-bond acceptors (Lipinski definition) is 3. The molecule has 0 fully saturated rings. The Morgan fingerprint density at radius 3 is 2.90 bits per heavy atom. The Hall–Kier alpha value is -2.16. The first-order chi connectivity index (χ1) is 9.76. The van der Waals surface area contributed by atoms with E-state index in [9.17, 15) is 5.11 Å². The summed E-state index contributed by atoms with van der Waals surface area (Å²) in [5, 5.41) is 9.52. The Bertz CT molecular complexity index is 607. The zero-order chi connectivity index (χ0) is 13.9. The van der Waals surface area contributed by atoms with E-state index in [1.807, 2.05) is 30.3 Å². The van der Waals surface area contributed by atoms with Gasteiger partial charge in [0.1, 0.15) is 5.75 Å². The molecule has 0 aliphatic carbocycles. The van der Waals surface area contributed by atoms with E-state index in [2.05, 4.69) is 6.07 Å². The first-order valence-corrected chi connectivity index (χ1v) is 6.83. The fourth-order valence-corrected chi connectivity index (χ4v) is 2.77. The molecule has 0 aromatic heterocycles. The van der Waals surface area contributed by atoms with Crippen molar-refractivity contribution in [2.45, 2.75) is 12.8 Å². The SMILES string of the molecule is COc1cccc2c1OC[C@@H](Cc1cccc(O)c1)C2. The monoisotopic (exact) mass is 270 g/mol. The van der Waals surface area contributed by atoms with Crippen LogP contribution in [0.2, 0.25) is 0 Å². The van der Waals surface area contributed by atoms with Crippen molar-refractivity contribution in [2.75, 3.05) is 13.7 Å². The van der Waals surface area contributed by atoms with E-state index >= 15 is 0 Å². The normalized spacial score (nSPS) is 17.1. The predicted molar refractivity (Wildman–Crippen MR) is 77.5 cm³/mol. The molecule has 3 nitrogen and oxygen atoms in total. The van der Waals surface area contributed by atoms with Crippen LogP contribution in [0.4, 0.5) is 0 Å². The van der Waals surface area contributed by atoms with Gasteiger partial charge in [0.25, 0.3) is 0 Å². The second-order valence-corrected chi connectivity index (χ2v) is 5.20. The summed E-state index contributed by atoms with van der Waals surface area (Å²) in [6.45, 7) is 0.684. The van der Waals surface area contributed by atoms with Crippen molar-refractivity contribution in [3.8, 4) is 17.2 Å². The molecule has 2 aromatic carbocycles. The Morgan fingerprint density at radius 1 is 1.25 bits per heavy atom. The van der Waals surface area contributed by atoms with Gasteiger partial charge in [0.15, 0.2) is 11.5 Å². The molecule has 3 heteroatoms. The average Bonchev–Trinajstić information content (AvgIpc) is 2.46. The number of aromatic hydroxyl groups is 1. The zero-order valence-corrected chi connectivity index (χ0v) is 11.5. The van der Waals surface area contributed by atoms with Crippen LogP contribution in [0, 0.1) is 5.92 Å². The van der Waals surface area contributed by atoms with Crippen LogP contribution in [0.1, 0.15) is 11.1 Å². The molecule has 2 aromatic rings. The lowest BCUT2D eigenvalue weighted by molar-refractivity contribution is 0.211. The number of phenols is 1. The minimum atomic E-state index is 0.321. The molecule has 1 heterocycles. The summed E-state index contributed by atoms with van der Waals surface area (Å²) in [5.74, 6) is 2.43. The first kappa shape index (κ1) is 12.9. The van der Waals surface area contributed by atoms with E-state index < -0.39 is 0 Å². The summed E-state index contributed by atoms with van der Waals surface area (Å²) in [7, 11) is 1.66. The Labute approximate surface area is 118 Å². The van der Waals surface area contributed by atoms with Crippen LogP contribution in [-0.2, 0) is 12.8 Å². The van der Waals surface area contributed by atoms with Crippen LogP contribution in [0.3, 0.4) is 0 Å². The third kappa shape index (κ3) is 2.57. The molecule has 104 valence electrons. The van der Waals surface area contributed by atoms with Crippen molar-refractivity contribution in [1.82, 2.24) is 0 Å². The van der Waals surface area contributed by atoms with Crippen molar-refractivity contribution in [3.05, 3.63) is 53.6 Å². The third-order valence-electron chi connectivity index (χ3n) is 3.69. The third-order valence-corrected chi connectivity index (χ3v) is 3.69. The summed E-state index contributed by atoms with van der Waals surface area (Å²) in [6, 6.07) is 13.5. The van der Waals surface area contributed by atoms with Gasteiger partial charge >= 0.3 is 0 Å². The summed E-state index contributed by atoms with van der Waals surface area (Å²) in [5.41, 5.74) is 2.34. The lowest BCUT2D eigenvalue weighted by atomic mass is 9.91. The second-order valence-electron chi connectivity index (χ2n) is 5.20. The quantitative estimate of drug-likeness (QED) is 0.931.